The summed E-state index contributed by atoms with van der Waals surface area (Å²) in [7, 11) is 1.71. The first-order valence-corrected chi connectivity index (χ1v) is 9.92. The molecule has 0 bridgehead atoms. The van der Waals surface area contributed by atoms with E-state index in [9.17, 15) is 4.79 Å². The molecule has 0 aliphatic carbocycles. The molecule has 0 fully saturated rings. The lowest BCUT2D eigenvalue weighted by atomic mass is 10.1. The molecule has 0 aliphatic rings. The highest BCUT2D eigenvalue weighted by atomic mass is 16.5. The van der Waals surface area contributed by atoms with Crippen LogP contribution in [0.2, 0.25) is 0 Å². The van der Waals surface area contributed by atoms with Crippen LogP contribution >= 0.6 is 0 Å². The van der Waals surface area contributed by atoms with Crippen LogP contribution < -0.4 is 4.74 Å². The van der Waals surface area contributed by atoms with Crippen LogP contribution in [0.15, 0.2) is 77.3 Å². The molecule has 1 amide bonds. The van der Waals surface area contributed by atoms with Crippen LogP contribution in [0, 0.1) is 0 Å². The van der Waals surface area contributed by atoms with Crippen molar-refractivity contribution in [2.24, 2.45) is 0 Å². The predicted molar refractivity (Wildman–Crippen MR) is 115 cm³/mol. The molecule has 6 heteroatoms. The first-order chi connectivity index (χ1) is 14.6. The number of carbonyl (C=O) groups excluding carboxylic acids is 1. The monoisotopic (exact) mass is 401 g/mol. The summed E-state index contributed by atoms with van der Waals surface area (Å²) in [5.74, 6) is 1.42. The van der Waals surface area contributed by atoms with Gasteiger partial charge in [0.15, 0.2) is 6.10 Å². The van der Waals surface area contributed by atoms with Gasteiger partial charge in [0.25, 0.3) is 5.91 Å². The molecule has 0 radical (unpaired) electrons. The van der Waals surface area contributed by atoms with Crippen molar-refractivity contribution in [1.82, 2.24) is 15.0 Å². The second-order valence-corrected chi connectivity index (χ2v) is 7.10. The molecule has 0 N–H and O–H groups in total. The number of hydrogen-bond donors (Lipinski definition) is 0. The Morgan fingerprint density at radius 1 is 1.03 bits per heavy atom. The zero-order chi connectivity index (χ0) is 20.9. The number of hydrogen-bond acceptors (Lipinski definition) is 5. The number of benzene rings is 3. The van der Waals surface area contributed by atoms with E-state index >= 15 is 0 Å². The van der Waals surface area contributed by atoms with Gasteiger partial charge in [-0.1, -0.05) is 72.7 Å². The second kappa shape index (κ2) is 8.78. The number of ether oxygens (including phenoxy) is 1. The van der Waals surface area contributed by atoms with Gasteiger partial charge in [-0.05, 0) is 29.3 Å². The molecule has 0 aliphatic heterocycles. The van der Waals surface area contributed by atoms with Crippen LogP contribution in [0.1, 0.15) is 19.2 Å². The lowest BCUT2D eigenvalue weighted by molar-refractivity contribution is -0.138. The van der Waals surface area contributed by atoms with Crippen molar-refractivity contribution in [3.8, 4) is 17.1 Å². The normalized spacial score (nSPS) is 11.9. The summed E-state index contributed by atoms with van der Waals surface area (Å²) in [4.78, 5) is 18.9. The summed E-state index contributed by atoms with van der Waals surface area (Å²) >= 11 is 0. The van der Waals surface area contributed by atoms with Crippen molar-refractivity contribution in [2.75, 3.05) is 7.05 Å². The van der Waals surface area contributed by atoms with E-state index in [0.717, 1.165) is 16.3 Å². The lowest BCUT2D eigenvalue weighted by Gasteiger charge is -2.22. The molecule has 1 atom stereocenters. The summed E-state index contributed by atoms with van der Waals surface area (Å²) in [6.07, 6.45) is -0.0394. The zero-order valence-corrected chi connectivity index (χ0v) is 17.0. The summed E-state index contributed by atoms with van der Waals surface area (Å²) in [5, 5.41) is 6.21. The highest BCUT2D eigenvalue weighted by Gasteiger charge is 2.24. The molecular weight excluding hydrogens is 378 g/mol. The molecule has 0 saturated heterocycles. The maximum Gasteiger partial charge on any atom is 0.263 e. The summed E-state index contributed by atoms with van der Waals surface area (Å²) in [6.45, 7) is 2.15. The summed E-state index contributed by atoms with van der Waals surface area (Å²) in [6, 6.07) is 23.5. The summed E-state index contributed by atoms with van der Waals surface area (Å²) < 4.78 is 11.3. The van der Waals surface area contributed by atoms with Crippen LogP contribution in [0.5, 0.6) is 5.75 Å². The van der Waals surface area contributed by atoms with E-state index in [-0.39, 0.29) is 12.5 Å². The van der Waals surface area contributed by atoms with E-state index in [1.165, 1.54) is 0 Å². The van der Waals surface area contributed by atoms with Crippen molar-refractivity contribution in [3.63, 3.8) is 0 Å². The third kappa shape index (κ3) is 4.33. The minimum atomic E-state index is -0.590. The highest BCUT2D eigenvalue weighted by Crippen LogP contribution is 2.23. The van der Waals surface area contributed by atoms with Crippen LogP contribution in [-0.4, -0.2) is 34.1 Å². The first kappa shape index (κ1) is 19.6. The predicted octanol–water partition coefficient (Wildman–Crippen LogP) is 4.71. The fourth-order valence-electron chi connectivity index (χ4n) is 3.26. The van der Waals surface area contributed by atoms with Gasteiger partial charge >= 0.3 is 0 Å². The molecule has 4 rings (SSSR count). The molecule has 0 spiro atoms. The average molecular weight is 401 g/mol. The molecule has 4 aromatic rings. The van der Waals surface area contributed by atoms with Gasteiger partial charge in [0.05, 0.1) is 6.54 Å². The van der Waals surface area contributed by atoms with Gasteiger partial charge < -0.3 is 14.2 Å². The van der Waals surface area contributed by atoms with E-state index in [1.54, 1.807) is 11.9 Å². The van der Waals surface area contributed by atoms with Crippen molar-refractivity contribution in [1.29, 1.82) is 0 Å². The molecule has 30 heavy (non-hydrogen) atoms. The number of amides is 1. The average Bonchev–Trinajstić information content (AvgIpc) is 3.26. The van der Waals surface area contributed by atoms with E-state index in [1.807, 2.05) is 79.7 Å². The zero-order valence-electron chi connectivity index (χ0n) is 17.0. The fraction of sp³-hybridized carbons (Fsp3) is 0.208. The van der Waals surface area contributed by atoms with Crippen molar-refractivity contribution < 1.29 is 14.1 Å². The number of aromatic nitrogens is 2. The number of fused-ring (bicyclic) bond motifs is 1. The Balaban J connectivity index is 1.43. The highest BCUT2D eigenvalue weighted by molar-refractivity contribution is 5.84. The topological polar surface area (TPSA) is 68.5 Å². The van der Waals surface area contributed by atoms with Gasteiger partial charge in [0.1, 0.15) is 5.75 Å². The van der Waals surface area contributed by atoms with Gasteiger partial charge in [0.2, 0.25) is 11.7 Å². The Labute approximate surface area is 175 Å². The number of rotatable bonds is 7. The molecule has 0 saturated carbocycles. The largest absolute Gasteiger partial charge is 0.481 e. The van der Waals surface area contributed by atoms with E-state index in [4.69, 9.17) is 9.26 Å². The SMILES string of the molecule is CC[C@H](Oc1ccc2ccccc2c1)C(=O)N(C)Cc1nc(-c2ccccc2)no1. The van der Waals surface area contributed by atoms with Crippen LogP contribution in [0.4, 0.5) is 0 Å². The van der Waals surface area contributed by atoms with Crippen molar-refractivity contribution >= 4 is 16.7 Å². The molecule has 0 unspecified atom stereocenters. The molecule has 3 aromatic carbocycles. The van der Waals surface area contributed by atoms with Crippen LogP contribution in [0.3, 0.4) is 0 Å². The molecule has 6 nitrogen and oxygen atoms in total. The number of likely N-dealkylation sites (N-methyl/N-ethyl adjacent to an activating group) is 1. The minimum absolute atomic E-state index is 0.134. The standard InChI is InChI=1S/C24H23N3O3/c1-3-21(29-20-14-13-17-9-7-8-12-19(17)15-20)24(28)27(2)16-22-25-23(26-30-22)18-10-5-4-6-11-18/h4-15,21H,3,16H2,1-2H3/t21-/m0/s1. The van der Waals surface area contributed by atoms with E-state index < -0.39 is 6.10 Å². The third-order valence-corrected chi connectivity index (χ3v) is 4.89. The van der Waals surface area contributed by atoms with Crippen LogP contribution in [0.25, 0.3) is 22.2 Å². The maximum atomic E-state index is 12.9. The van der Waals surface area contributed by atoms with E-state index in [2.05, 4.69) is 10.1 Å². The van der Waals surface area contributed by atoms with Crippen molar-refractivity contribution in [3.05, 3.63) is 78.7 Å². The third-order valence-electron chi connectivity index (χ3n) is 4.89. The number of nitrogens with zero attached hydrogens (tertiary/aromatic N) is 3. The smallest absolute Gasteiger partial charge is 0.263 e. The summed E-state index contributed by atoms with van der Waals surface area (Å²) in [5.41, 5.74) is 0.868. The Morgan fingerprint density at radius 3 is 2.53 bits per heavy atom. The van der Waals surface area contributed by atoms with Gasteiger partial charge in [-0.15, -0.1) is 0 Å². The Kier molecular flexibility index (Phi) is 5.75. The first-order valence-electron chi connectivity index (χ1n) is 9.92. The van der Waals surface area contributed by atoms with Crippen LogP contribution in [-0.2, 0) is 11.3 Å². The Hall–Kier alpha value is -3.67. The Morgan fingerprint density at radius 2 is 1.77 bits per heavy atom. The lowest BCUT2D eigenvalue weighted by Crippen LogP contribution is -2.39. The molecule has 1 aromatic heterocycles. The maximum absolute atomic E-state index is 12.9. The quantitative estimate of drug-likeness (QED) is 0.449. The number of carbonyl (C=O) groups is 1. The molecule has 1 heterocycles. The van der Waals surface area contributed by atoms with Crippen molar-refractivity contribution in [2.45, 2.75) is 26.0 Å². The van der Waals surface area contributed by atoms with E-state index in [0.29, 0.717) is 23.9 Å². The van der Waals surface area contributed by atoms with Gasteiger partial charge in [0, 0.05) is 12.6 Å². The Bertz CT molecular complexity index is 1140. The fourth-order valence-corrected chi connectivity index (χ4v) is 3.26. The van der Waals surface area contributed by atoms with Gasteiger partial charge in [-0.2, -0.15) is 4.98 Å². The molecule has 152 valence electrons. The van der Waals surface area contributed by atoms with Gasteiger partial charge in [-0.25, -0.2) is 0 Å². The van der Waals surface area contributed by atoms with Gasteiger partial charge in [-0.3, -0.25) is 4.79 Å². The minimum Gasteiger partial charge on any atom is -0.481 e. The molecular formula is C24H23N3O3. The second-order valence-electron chi connectivity index (χ2n) is 7.10.